The van der Waals surface area contributed by atoms with Crippen molar-refractivity contribution in [2.75, 3.05) is 38.9 Å². The van der Waals surface area contributed by atoms with E-state index in [0.717, 1.165) is 44.6 Å². The Balaban J connectivity index is 1.84. The molecule has 0 spiro atoms. The van der Waals surface area contributed by atoms with Crippen molar-refractivity contribution in [1.82, 2.24) is 4.90 Å². The maximum atomic E-state index is 14.1. The van der Waals surface area contributed by atoms with E-state index < -0.39 is 12.5 Å². The van der Waals surface area contributed by atoms with Crippen molar-refractivity contribution in [3.05, 3.63) is 35.9 Å². The van der Waals surface area contributed by atoms with Gasteiger partial charge in [0.25, 0.3) is 0 Å². The lowest BCUT2D eigenvalue weighted by Crippen LogP contribution is -2.52. The van der Waals surface area contributed by atoms with Gasteiger partial charge in [-0.25, -0.2) is 4.39 Å². The number of ether oxygens (including phenoxy) is 2. The van der Waals surface area contributed by atoms with E-state index in [0.29, 0.717) is 0 Å². The van der Waals surface area contributed by atoms with E-state index in [-0.39, 0.29) is 12.0 Å². The molecule has 1 fully saturated rings. The van der Waals surface area contributed by atoms with Gasteiger partial charge in [0.1, 0.15) is 6.67 Å². The third kappa shape index (κ3) is 4.17. The molecule has 3 rings (SSSR count). The molecule has 0 N–H and O–H groups in total. The predicted octanol–water partition coefficient (Wildman–Crippen LogP) is 5.23. The van der Waals surface area contributed by atoms with E-state index in [1.165, 1.54) is 29.7 Å². The summed E-state index contributed by atoms with van der Waals surface area (Å²) in [6.45, 7) is 11.1. The van der Waals surface area contributed by atoms with E-state index in [2.05, 4.69) is 48.4 Å². The highest BCUT2D eigenvalue weighted by Crippen LogP contribution is 2.41. The molecule has 0 bridgehead atoms. The second-order valence-electron chi connectivity index (χ2n) is 8.45. The standard InChI is InChI=1S/C24H37FN2O2/c1-6-7-10-23(24(17-25,28-4)29-5)19(3)27-16-20-11-12-21(15-22(20)18(27)2)26-13-8-9-14-26/h11-12,15,19,23H,2,6-10,13-14,16-17H2,1,3-5H3. The molecule has 0 amide bonds. The normalized spacial score (nSPS) is 19.0. The Morgan fingerprint density at radius 3 is 2.48 bits per heavy atom. The molecule has 0 radical (unpaired) electrons. The van der Waals surface area contributed by atoms with E-state index in [9.17, 15) is 4.39 Å². The van der Waals surface area contributed by atoms with Gasteiger partial charge in [0.15, 0.2) is 0 Å². The van der Waals surface area contributed by atoms with Gasteiger partial charge in [0, 0.05) is 62.8 Å². The quantitative estimate of drug-likeness (QED) is 0.499. The zero-order valence-corrected chi connectivity index (χ0v) is 18.5. The Morgan fingerprint density at radius 2 is 1.90 bits per heavy atom. The van der Waals surface area contributed by atoms with Crippen molar-refractivity contribution >= 4 is 11.4 Å². The maximum absolute atomic E-state index is 14.1. The summed E-state index contributed by atoms with van der Waals surface area (Å²) in [5.74, 6) is -1.31. The van der Waals surface area contributed by atoms with Gasteiger partial charge in [-0.1, -0.05) is 32.4 Å². The fourth-order valence-corrected chi connectivity index (χ4v) is 5.03. The average molecular weight is 405 g/mol. The highest BCUT2D eigenvalue weighted by molar-refractivity contribution is 5.73. The molecule has 2 atom stereocenters. The van der Waals surface area contributed by atoms with Gasteiger partial charge in [-0.15, -0.1) is 0 Å². The smallest absolute Gasteiger partial charge is 0.201 e. The zero-order valence-electron chi connectivity index (χ0n) is 18.5. The van der Waals surface area contributed by atoms with E-state index >= 15 is 0 Å². The van der Waals surface area contributed by atoms with Crippen LogP contribution in [0.15, 0.2) is 24.8 Å². The Bertz CT molecular complexity index is 690. The molecule has 2 aliphatic rings. The number of rotatable bonds is 10. The molecule has 2 heterocycles. The summed E-state index contributed by atoms with van der Waals surface area (Å²) in [5.41, 5.74) is 4.82. The molecule has 0 saturated carbocycles. The van der Waals surface area contributed by atoms with Crippen LogP contribution in [-0.4, -0.2) is 50.7 Å². The fraction of sp³-hybridized carbons (Fsp3) is 0.667. The number of nitrogens with zero attached hydrogens (tertiary/aromatic N) is 2. The number of methoxy groups -OCH3 is 2. The van der Waals surface area contributed by atoms with Crippen LogP contribution in [-0.2, 0) is 16.0 Å². The van der Waals surface area contributed by atoms with Gasteiger partial charge in [0.05, 0.1) is 0 Å². The van der Waals surface area contributed by atoms with Gasteiger partial charge < -0.3 is 19.3 Å². The van der Waals surface area contributed by atoms with Crippen LogP contribution in [0.4, 0.5) is 10.1 Å². The third-order valence-electron chi connectivity index (χ3n) is 6.95. The van der Waals surface area contributed by atoms with Crippen molar-refractivity contribution in [2.45, 2.75) is 64.3 Å². The fourth-order valence-electron chi connectivity index (χ4n) is 5.03. The summed E-state index contributed by atoms with van der Waals surface area (Å²) in [6, 6.07) is 6.80. The van der Waals surface area contributed by atoms with Gasteiger partial charge >= 0.3 is 0 Å². The minimum Gasteiger partial charge on any atom is -0.372 e. The van der Waals surface area contributed by atoms with Crippen LogP contribution in [0.25, 0.3) is 5.70 Å². The minimum atomic E-state index is -1.22. The molecular formula is C24H37FN2O2. The first kappa shape index (κ1) is 22.1. The Labute approximate surface area is 175 Å². The molecule has 162 valence electrons. The molecule has 5 heteroatoms. The van der Waals surface area contributed by atoms with Crippen LogP contribution in [0.1, 0.15) is 57.1 Å². The number of hydrogen-bond donors (Lipinski definition) is 0. The molecule has 29 heavy (non-hydrogen) atoms. The summed E-state index contributed by atoms with van der Waals surface area (Å²) in [4.78, 5) is 4.76. The summed E-state index contributed by atoms with van der Waals surface area (Å²) < 4.78 is 25.4. The molecule has 1 aromatic carbocycles. The summed E-state index contributed by atoms with van der Waals surface area (Å²) >= 11 is 0. The van der Waals surface area contributed by atoms with Crippen molar-refractivity contribution < 1.29 is 13.9 Å². The van der Waals surface area contributed by atoms with Gasteiger partial charge in [0.2, 0.25) is 5.79 Å². The Kier molecular flexibility index (Phi) is 7.23. The lowest BCUT2D eigenvalue weighted by Gasteiger charge is -2.43. The molecule has 0 aromatic heterocycles. The molecule has 2 aliphatic heterocycles. The number of alkyl halides is 1. The summed E-state index contributed by atoms with van der Waals surface area (Å²) in [5, 5.41) is 0. The lowest BCUT2D eigenvalue weighted by molar-refractivity contribution is -0.257. The van der Waals surface area contributed by atoms with Gasteiger partial charge in [-0.3, -0.25) is 0 Å². The molecule has 1 saturated heterocycles. The number of unbranched alkanes of at least 4 members (excludes halogenated alkanes) is 1. The first-order valence-electron chi connectivity index (χ1n) is 11.0. The van der Waals surface area contributed by atoms with E-state index in [4.69, 9.17) is 9.47 Å². The van der Waals surface area contributed by atoms with Gasteiger partial charge in [-0.2, -0.15) is 0 Å². The Morgan fingerprint density at radius 1 is 1.21 bits per heavy atom. The lowest BCUT2D eigenvalue weighted by atomic mass is 9.86. The van der Waals surface area contributed by atoms with Crippen LogP contribution in [0.5, 0.6) is 0 Å². The van der Waals surface area contributed by atoms with Gasteiger partial charge in [-0.05, 0) is 43.9 Å². The SMILES string of the molecule is C=C1c2cc(N3CCCC3)ccc2CN1C(C)C(CCCC)C(CF)(OC)OC. The molecule has 2 unspecified atom stereocenters. The highest BCUT2D eigenvalue weighted by atomic mass is 19.1. The minimum absolute atomic E-state index is 0.0485. The van der Waals surface area contributed by atoms with Crippen LogP contribution >= 0.6 is 0 Å². The second-order valence-corrected chi connectivity index (χ2v) is 8.45. The van der Waals surface area contributed by atoms with Crippen LogP contribution in [0.2, 0.25) is 0 Å². The van der Waals surface area contributed by atoms with Crippen LogP contribution < -0.4 is 4.90 Å². The van der Waals surface area contributed by atoms with Crippen molar-refractivity contribution in [1.29, 1.82) is 0 Å². The highest BCUT2D eigenvalue weighted by Gasteiger charge is 2.45. The first-order chi connectivity index (χ1) is 14.0. The number of benzene rings is 1. The second kappa shape index (κ2) is 9.48. The van der Waals surface area contributed by atoms with E-state index in [1.54, 1.807) is 14.2 Å². The summed E-state index contributed by atoms with van der Waals surface area (Å²) in [6.07, 6.45) is 5.44. The first-order valence-corrected chi connectivity index (χ1v) is 11.0. The molecule has 4 nitrogen and oxygen atoms in total. The van der Waals surface area contributed by atoms with Crippen molar-refractivity contribution in [3.63, 3.8) is 0 Å². The van der Waals surface area contributed by atoms with Crippen LogP contribution in [0, 0.1) is 5.92 Å². The predicted molar refractivity (Wildman–Crippen MR) is 118 cm³/mol. The number of anilines is 1. The molecular weight excluding hydrogens is 367 g/mol. The molecule has 1 aromatic rings. The van der Waals surface area contributed by atoms with Crippen molar-refractivity contribution in [3.8, 4) is 0 Å². The Hall–Kier alpha value is -1.59. The average Bonchev–Trinajstić information content (AvgIpc) is 3.39. The third-order valence-corrected chi connectivity index (χ3v) is 6.95. The monoisotopic (exact) mass is 404 g/mol. The number of fused-ring (bicyclic) bond motifs is 1. The zero-order chi connectivity index (χ0) is 21.0. The topological polar surface area (TPSA) is 24.9 Å². The molecule has 0 aliphatic carbocycles. The van der Waals surface area contributed by atoms with Crippen molar-refractivity contribution in [2.24, 2.45) is 5.92 Å². The summed E-state index contributed by atoms with van der Waals surface area (Å²) in [7, 11) is 3.09. The number of halogens is 1. The largest absolute Gasteiger partial charge is 0.372 e. The maximum Gasteiger partial charge on any atom is 0.201 e. The van der Waals surface area contributed by atoms with E-state index in [1.807, 2.05) is 0 Å². The number of hydrogen-bond acceptors (Lipinski definition) is 4. The van der Waals surface area contributed by atoms with Crippen LogP contribution in [0.3, 0.4) is 0 Å².